The van der Waals surface area contributed by atoms with Gasteiger partial charge >= 0.3 is 0 Å². The van der Waals surface area contributed by atoms with Crippen molar-refractivity contribution in [1.82, 2.24) is 19.2 Å². The number of aromatic nitrogens is 2. The summed E-state index contributed by atoms with van der Waals surface area (Å²) in [6, 6.07) is 10.4. The highest BCUT2D eigenvalue weighted by Crippen LogP contribution is 2.39. The summed E-state index contributed by atoms with van der Waals surface area (Å²) in [5.41, 5.74) is 4.02. The van der Waals surface area contributed by atoms with E-state index in [-0.39, 0.29) is 16.8 Å². The van der Waals surface area contributed by atoms with Crippen LogP contribution in [0.15, 0.2) is 66.2 Å². The molecule has 0 aliphatic carbocycles. The van der Waals surface area contributed by atoms with Crippen molar-refractivity contribution in [1.29, 1.82) is 0 Å². The number of sulfonamides is 1. The van der Waals surface area contributed by atoms with Gasteiger partial charge in [-0.1, -0.05) is 24.8 Å². The number of rotatable bonds is 11. The lowest BCUT2D eigenvalue weighted by Crippen LogP contribution is -2.44. The highest BCUT2D eigenvalue weighted by molar-refractivity contribution is 7.89. The SMILES string of the molecule is C=CC(=O)Nc1cc(Nc2ncc(C3=CCOCC3)c(Nc3ccccc3S(=O)(=O)N(C)C)n2)c(OC)cc1N1CCN(C)CC1. The van der Waals surface area contributed by atoms with Gasteiger partial charge < -0.3 is 35.2 Å². The molecule has 0 radical (unpaired) electrons. The molecule has 2 aliphatic heterocycles. The molecular weight excluding hydrogens is 608 g/mol. The molecule has 1 amide bonds. The molecule has 244 valence electrons. The van der Waals surface area contributed by atoms with Crippen molar-refractivity contribution in [3.63, 3.8) is 0 Å². The number of carbonyl (C=O) groups excluding carboxylic acids is 1. The molecule has 2 aromatic carbocycles. The first-order chi connectivity index (χ1) is 22.1. The molecule has 0 atom stereocenters. The second-order valence-corrected chi connectivity index (χ2v) is 13.2. The van der Waals surface area contributed by atoms with Gasteiger partial charge in [0.25, 0.3) is 0 Å². The molecule has 3 N–H and O–H groups in total. The number of likely N-dealkylation sites (N-methyl/N-ethyl adjacent to an activating group) is 1. The Balaban J connectivity index is 1.55. The summed E-state index contributed by atoms with van der Waals surface area (Å²) in [5, 5.41) is 9.45. The van der Waals surface area contributed by atoms with E-state index in [1.807, 2.05) is 12.1 Å². The fourth-order valence-corrected chi connectivity index (χ4v) is 6.25. The summed E-state index contributed by atoms with van der Waals surface area (Å²) in [5.74, 6) is 0.843. The lowest BCUT2D eigenvalue weighted by atomic mass is 10.0. The number of hydrogen-bond donors (Lipinski definition) is 3. The summed E-state index contributed by atoms with van der Waals surface area (Å²) in [7, 11) is 2.89. The van der Waals surface area contributed by atoms with E-state index in [1.54, 1.807) is 43.6 Å². The van der Waals surface area contributed by atoms with Crippen LogP contribution in [0.2, 0.25) is 0 Å². The molecule has 46 heavy (non-hydrogen) atoms. The molecule has 1 fully saturated rings. The predicted octanol–water partition coefficient (Wildman–Crippen LogP) is 3.90. The largest absolute Gasteiger partial charge is 0.494 e. The van der Waals surface area contributed by atoms with Crippen LogP contribution in [0.5, 0.6) is 5.75 Å². The van der Waals surface area contributed by atoms with Gasteiger partial charge in [-0.25, -0.2) is 17.7 Å². The molecule has 3 heterocycles. The van der Waals surface area contributed by atoms with Gasteiger partial charge in [-0.3, -0.25) is 4.79 Å². The zero-order chi connectivity index (χ0) is 32.8. The minimum Gasteiger partial charge on any atom is -0.494 e. The van der Waals surface area contributed by atoms with E-state index in [4.69, 9.17) is 14.5 Å². The van der Waals surface area contributed by atoms with Gasteiger partial charge in [0.1, 0.15) is 16.5 Å². The Labute approximate surface area is 270 Å². The molecule has 5 rings (SSSR count). The molecule has 14 heteroatoms. The Morgan fingerprint density at radius 3 is 2.52 bits per heavy atom. The molecule has 0 unspecified atom stereocenters. The number of amides is 1. The summed E-state index contributed by atoms with van der Waals surface area (Å²) in [6.45, 7) is 7.95. The second-order valence-electron chi connectivity index (χ2n) is 11.1. The van der Waals surface area contributed by atoms with Crippen LogP contribution < -0.4 is 25.6 Å². The first-order valence-corrected chi connectivity index (χ1v) is 16.3. The lowest BCUT2D eigenvalue weighted by Gasteiger charge is -2.35. The standard InChI is InChI=1S/C32H40N8O5S/c1-6-30(41)34-25-19-26(28(44-5)20-27(25)40-15-13-39(4)14-16-40)36-32-33-21-23(22-11-17-45-18-12-22)31(37-32)35-24-9-7-8-10-29(24)46(42,43)38(2)3/h6-11,19-21H,1,12-18H2,2-5H3,(H,34,41)(H2,33,35,36,37). The minimum atomic E-state index is -3.75. The summed E-state index contributed by atoms with van der Waals surface area (Å²) in [4.78, 5) is 26.4. The number of hydrogen-bond acceptors (Lipinski definition) is 11. The molecule has 0 spiro atoms. The van der Waals surface area contributed by atoms with Gasteiger partial charge in [-0.05, 0) is 43.3 Å². The zero-order valence-electron chi connectivity index (χ0n) is 26.5. The quantitative estimate of drug-likeness (QED) is 0.261. The maximum absolute atomic E-state index is 13.2. The highest BCUT2D eigenvalue weighted by Gasteiger charge is 2.24. The van der Waals surface area contributed by atoms with E-state index in [9.17, 15) is 13.2 Å². The molecule has 0 saturated carbocycles. The molecule has 0 bridgehead atoms. The summed E-state index contributed by atoms with van der Waals surface area (Å²) < 4.78 is 38.8. The maximum atomic E-state index is 13.2. The molecule has 2 aliphatic rings. The normalized spacial score (nSPS) is 15.7. The third kappa shape index (κ3) is 7.31. The molecule has 3 aromatic rings. The third-order valence-corrected chi connectivity index (χ3v) is 9.72. The number of anilines is 6. The van der Waals surface area contributed by atoms with Crippen LogP contribution in [-0.2, 0) is 19.6 Å². The van der Waals surface area contributed by atoms with E-state index >= 15 is 0 Å². The molecular formula is C32H40N8O5S. The van der Waals surface area contributed by atoms with Crippen molar-refractivity contribution in [3.05, 3.63) is 66.9 Å². The van der Waals surface area contributed by atoms with Gasteiger partial charge in [0.2, 0.25) is 21.9 Å². The van der Waals surface area contributed by atoms with Crippen LogP contribution in [0.1, 0.15) is 12.0 Å². The van der Waals surface area contributed by atoms with Crippen LogP contribution in [0.25, 0.3) is 5.57 Å². The Morgan fingerprint density at radius 2 is 1.85 bits per heavy atom. The average molecular weight is 649 g/mol. The van der Waals surface area contributed by atoms with Crippen LogP contribution in [-0.4, -0.2) is 101 Å². The third-order valence-electron chi connectivity index (χ3n) is 7.85. The lowest BCUT2D eigenvalue weighted by molar-refractivity contribution is -0.111. The first-order valence-electron chi connectivity index (χ1n) is 14.9. The van der Waals surface area contributed by atoms with E-state index in [0.29, 0.717) is 48.3 Å². The number of ether oxygens (including phenoxy) is 2. The van der Waals surface area contributed by atoms with E-state index < -0.39 is 10.0 Å². The number of para-hydroxylation sites is 1. The van der Waals surface area contributed by atoms with Crippen molar-refractivity contribution in [2.24, 2.45) is 0 Å². The van der Waals surface area contributed by atoms with E-state index in [1.165, 1.54) is 24.5 Å². The van der Waals surface area contributed by atoms with Crippen LogP contribution in [0, 0.1) is 0 Å². The van der Waals surface area contributed by atoms with Gasteiger partial charge in [-0.2, -0.15) is 4.98 Å². The zero-order valence-corrected chi connectivity index (χ0v) is 27.4. The predicted molar refractivity (Wildman–Crippen MR) is 181 cm³/mol. The van der Waals surface area contributed by atoms with E-state index in [2.05, 4.69) is 44.4 Å². The van der Waals surface area contributed by atoms with Gasteiger partial charge in [0.15, 0.2) is 0 Å². The molecule has 13 nitrogen and oxygen atoms in total. The number of nitrogens with one attached hydrogen (secondary N) is 3. The Bertz CT molecular complexity index is 1740. The van der Waals surface area contributed by atoms with Crippen molar-refractivity contribution in [2.45, 2.75) is 11.3 Å². The van der Waals surface area contributed by atoms with Crippen molar-refractivity contribution in [2.75, 3.05) is 88.5 Å². The van der Waals surface area contributed by atoms with Crippen LogP contribution in [0.4, 0.5) is 34.5 Å². The fraction of sp³-hybridized carbons (Fsp3) is 0.344. The van der Waals surface area contributed by atoms with Gasteiger partial charge in [0, 0.05) is 58.1 Å². The van der Waals surface area contributed by atoms with Crippen molar-refractivity contribution in [3.8, 4) is 5.75 Å². The fourth-order valence-electron chi connectivity index (χ4n) is 5.21. The second kappa shape index (κ2) is 14.3. The van der Waals surface area contributed by atoms with Crippen molar-refractivity contribution < 1.29 is 22.7 Å². The number of nitrogens with zero attached hydrogens (tertiary/aromatic N) is 5. The minimum absolute atomic E-state index is 0.115. The number of benzene rings is 2. The van der Waals surface area contributed by atoms with Gasteiger partial charge in [0.05, 0.1) is 43.1 Å². The Hall–Kier alpha value is -4.50. The highest BCUT2D eigenvalue weighted by atomic mass is 32.2. The van der Waals surface area contributed by atoms with E-state index in [0.717, 1.165) is 43.0 Å². The first kappa shape index (κ1) is 32.9. The monoisotopic (exact) mass is 648 g/mol. The Morgan fingerprint density at radius 1 is 1.09 bits per heavy atom. The van der Waals surface area contributed by atoms with Crippen LogP contribution >= 0.6 is 0 Å². The van der Waals surface area contributed by atoms with Crippen molar-refractivity contribution >= 4 is 56.0 Å². The number of carbonyl (C=O) groups is 1. The average Bonchev–Trinajstić information content (AvgIpc) is 3.06. The Kier molecular flexibility index (Phi) is 10.2. The van der Waals surface area contributed by atoms with Crippen LogP contribution in [0.3, 0.4) is 0 Å². The maximum Gasteiger partial charge on any atom is 0.247 e. The summed E-state index contributed by atoms with van der Waals surface area (Å²) >= 11 is 0. The van der Waals surface area contributed by atoms with Gasteiger partial charge in [-0.15, -0.1) is 0 Å². The topological polar surface area (TPSA) is 141 Å². The molecule has 1 aromatic heterocycles. The smallest absolute Gasteiger partial charge is 0.247 e. The number of methoxy groups -OCH3 is 1. The summed E-state index contributed by atoms with van der Waals surface area (Å²) in [6.07, 6.45) is 5.54. The molecule has 1 saturated heterocycles. The number of piperazine rings is 1.